The van der Waals surface area contributed by atoms with Crippen molar-refractivity contribution < 1.29 is 9.53 Å². The molecule has 0 heterocycles. The second-order valence-corrected chi connectivity index (χ2v) is 4.84. The Hall–Kier alpha value is -2.33. The van der Waals surface area contributed by atoms with E-state index in [1.165, 1.54) is 0 Å². The molecular formula is C17H20N2O2. The number of ether oxygens (including phenoxy) is 1. The van der Waals surface area contributed by atoms with Gasteiger partial charge in [0.15, 0.2) is 6.61 Å². The van der Waals surface area contributed by atoms with Crippen molar-refractivity contribution in [3.63, 3.8) is 0 Å². The molecule has 21 heavy (non-hydrogen) atoms. The average Bonchev–Trinajstić information content (AvgIpc) is 2.49. The predicted molar refractivity (Wildman–Crippen MR) is 84.5 cm³/mol. The molecule has 0 aliphatic rings. The predicted octanol–water partition coefficient (Wildman–Crippen LogP) is 2.73. The first kappa shape index (κ1) is 15.1. The van der Waals surface area contributed by atoms with Gasteiger partial charge in [-0.25, -0.2) is 0 Å². The zero-order valence-electron chi connectivity index (χ0n) is 12.3. The second-order valence-electron chi connectivity index (χ2n) is 4.84. The van der Waals surface area contributed by atoms with Crippen molar-refractivity contribution in [2.45, 2.75) is 13.5 Å². The van der Waals surface area contributed by atoms with Gasteiger partial charge in [0.1, 0.15) is 5.75 Å². The summed E-state index contributed by atoms with van der Waals surface area (Å²) in [5.41, 5.74) is 2.96. The third-order valence-electron chi connectivity index (χ3n) is 3.03. The van der Waals surface area contributed by atoms with Gasteiger partial charge in [0.2, 0.25) is 0 Å². The summed E-state index contributed by atoms with van der Waals surface area (Å²) in [6.07, 6.45) is 0. The van der Waals surface area contributed by atoms with Crippen molar-refractivity contribution in [2.24, 2.45) is 0 Å². The van der Waals surface area contributed by atoms with Gasteiger partial charge in [0.05, 0.1) is 0 Å². The number of amides is 1. The number of para-hydroxylation sites is 1. The third kappa shape index (κ3) is 4.61. The molecule has 0 fully saturated rings. The Bertz CT molecular complexity index is 594. The summed E-state index contributed by atoms with van der Waals surface area (Å²) in [7, 11) is 1.88. The van der Waals surface area contributed by atoms with Crippen LogP contribution in [-0.2, 0) is 11.3 Å². The lowest BCUT2D eigenvalue weighted by atomic mass is 10.2. The van der Waals surface area contributed by atoms with Crippen LogP contribution >= 0.6 is 0 Å². The van der Waals surface area contributed by atoms with Gasteiger partial charge < -0.3 is 15.4 Å². The monoisotopic (exact) mass is 284 g/mol. The Morgan fingerprint density at radius 3 is 2.52 bits per heavy atom. The summed E-state index contributed by atoms with van der Waals surface area (Å²) in [4.78, 5) is 11.9. The van der Waals surface area contributed by atoms with Gasteiger partial charge in [0.25, 0.3) is 5.91 Å². The molecule has 2 aromatic rings. The molecule has 4 nitrogen and oxygen atoms in total. The molecule has 0 saturated heterocycles. The third-order valence-corrected chi connectivity index (χ3v) is 3.03. The Morgan fingerprint density at radius 1 is 1.10 bits per heavy atom. The van der Waals surface area contributed by atoms with Gasteiger partial charge >= 0.3 is 0 Å². The lowest BCUT2D eigenvalue weighted by Gasteiger charge is -2.11. The van der Waals surface area contributed by atoms with Gasteiger partial charge in [0, 0.05) is 17.8 Å². The van der Waals surface area contributed by atoms with Gasteiger partial charge in [-0.3, -0.25) is 4.79 Å². The van der Waals surface area contributed by atoms with Crippen LogP contribution in [-0.4, -0.2) is 19.6 Å². The van der Waals surface area contributed by atoms with Crippen LogP contribution in [0.15, 0.2) is 48.5 Å². The number of hydrogen-bond donors (Lipinski definition) is 2. The molecule has 4 heteroatoms. The van der Waals surface area contributed by atoms with Gasteiger partial charge in [-0.1, -0.05) is 35.9 Å². The number of aryl methyl sites for hydroxylation is 1. The van der Waals surface area contributed by atoms with Gasteiger partial charge in [-0.05, 0) is 32.2 Å². The average molecular weight is 284 g/mol. The highest BCUT2D eigenvalue weighted by atomic mass is 16.5. The number of hydrogen-bond acceptors (Lipinski definition) is 3. The maximum Gasteiger partial charge on any atom is 0.262 e. The first-order valence-corrected chi connectivity index (χ1v) is 6.91. The number of carbonyl (C=O) groups excluding carboxylic acids is 1. The van der Waals surface area contributed by atoms with E-state index >= 15 is 0 Å². The van der Waals surface area contributed by atoms with E-state index in [-0.39, 0.29) is 12.5 Å². The van der Waals surface area contributed by atoms with Crippen LogP contribution in [0.25, 0.3) is 0 Å². The fourth-order valence-corrected chi connectivity index (χ4v) is 1.96. The van der Waals surface area contributed by atoms with Crippen molar-refractivity contribution in [1.29, 1.82) is 0 Å². The Balaban J connectivity index is 1.90. The van der Waals surface area contributed by atoms with E-state index in [4.69, 9.17) is 4.74 Å². The van der Waals surface area contributed by atoms with Crippen LogP contribution < -0.4 is 15.4 Å². The summed E-state index contributed by atoms with van der Waals surface area (Å²) in [5, 5.41) is 5.89. The van der Waals surface area contributed by atoms with Crippen LogP contribution in [0.3, 0.4) is 0 Å². The minimum atomic E-state index is -0.168. The molecule has 0 unspecified atom stereocenters. The van der Waals surface area contributed by atoms with Gasteiger partial charge in [-0.15, -0.1) is 0 Å². The molecule has 2 N–H and O–H groups in total. The zero-order valence-corrected chi connectivity index (χ0v) is 12.3. The molecule has 0 saturated carbocycles. The first-order chi connectivity index (χ1) is 10.2. The van der Waals surface area contributed by atoms with E-state index in [1.54, 1.807) is 0 Å². The number of nitrogens with one attached hydrogen (secondary N) is 2. The highest BCUT2D eigenvalue weighted by molar-refractivity contribution is 5.91. The largest absolute Gasteiger partial charge is 0.483 e. The van der Waals surface area contributed by atoms with Crippen molar-refractivity contribution in [2.75, 3.05) is 19.0 Å². The summed E-state index contributed by atoms with van der Waals surface area (Å²) in [5.74, 6) is 0.559. The van der Waals surface area contributed by atoms with Crippen LogP contribution in [0.5, 0.6) is 5.75 Å². The standard InChI is InChI=1S/C17H20N2O2/c1-13-7-9-15(10-8-13)19-17(20)12-21-16-6-4-3-5-14(16)11-18-2/h3-10,18H,11-12H2,1-2H3,(H,19,20). The first-order valence-electron chi connectivity index (χ1n) is 6.91. The van der Waals surface area contributed by atoms with E-state index in [9.17, 15) is 4.79 Å². The molecule has 0 atom stereocenters. The lowest BCUT2D eigenvalue weighted by molar-refractivity contribution is -0.118. The second kappa shape index (κ2) is 7.45. The van der Waals surface area contributed by atoms with E-state index in [0.717, 1.165) is 22.6 Å². The molecule has 1 amide bonds. The maximum absolute atomic E-state index is 11.9. The lowest BCUT2D eigenvalue weighted by Crippen LogP contribution is -2.20. The number of benzene rings is 2. The van der Waals surface area contributed by atoms with E-state index in [2.05, 4.69) is 10.6 Å². The molecule has 0 spiro atoms. The van der Waals surface area contributed by atoms with Crippen molar-refractivity contribution in [3.05, 3.63) is 59.7 Å². The smallest absolute Gasteiger partial charge is 0.262 e. The zero-order chi connectivity index (χ0) is 15.1. The molecule has 0 bridgehead atoms. The summed E-state index contributed by atoms with van der Waals surface area (Å²) < 4.78 is 5.60. The Kier molecular flexibility index (Phi) is 5.35. The van der Waals surface area contributed by atoms with Gasteiger partial charge in [-0.2, -0.15) is 0 Å². The fourth-order valence-electron chi connectivity index (χ4n) is 1.96. The van der Waals surface area contributed by atoms with Crippen LogP contribution in [0, 0.1) is 6.92 Å². The van der Waals surface area contributed by atoms with E-state index in [0.29, 0.717) is 6.54 Å². The number of carbonyl (C=O) groups is 1. The van der Waals surface area contributed by atoms with Crippen LogP contribution in [0.4, 0.5) is 5.69 Å². The topological polar surface area (TPSA) is 50.4 Å². The number of anilines is 1. The maximum atomic E-state index is 11.9. The molecule has 0 aliphatic heterocycles. The summed E-state index contributed by atoms with van der Waals surface area (Å²) in [6, 6.07) is 15.4. The highest BCUT2D eigenvalue weighted by Crippen LogP contribution is 2.17. The highest BCUT2D eigenvalue weighted by Gasteiger charge is 2.06. The molecule has 2 rings (SSSR count). The van der Waals surface area contributed by atoms with Crippen molar-refractivity contribution >= 4 is 11.6 Å². The minimum absolute atomic E-state index is 0.00535. The normalized spacial score (nSPS) is 10.2. The van der Waals surface area contributed by atoms with E-state index in [1.807, 2.05) is 62.5 Å². The quantitative estimate of drug-likeness (QED) is 0.857. The molecule has 110 valence electrons. The minimum Gasteiger partial charge on any atom is -0.483 e. The van der Waals surface area contributed by atoms with Crippen LogP contribution in [0.1, 0.15) is 11.1 Å². The molecule has 0 aromatic heterocycles. The summed E-state index contributed by atoms with van der Waals surface area (Å²) >= 11 is 0. The van der Waals surface area contributed by atoms with Crippen molar-refractivity contribution in [3.8, 4) is 5.75 Å². The molecule has 2 aromatic carbocycles. The Labute approximate surface area is 125 Å². The van der Waals surface area contributed by atoms with Crippen molar-refractivity contribution in [1.82, 2.24) is 5.32 Å². The summed E-state index contributed by atoms with van der Waals surface area (Å²) in [6.45, 7) is 2.71. The molecule has 0 aliphatic carbocycles. The molecular weight excluding hydrogens is 264 g/mol. The van der Waals surface area contributed by atoms with E-state index < -0.39 is 0 Å². The molecule has 0 radical (unpaired) electrons. The SMILES string of the molecule is CNCc1ccccc1OCC(=O)Nc1ccc(C)cc1. The van der Waals surface area contributed by atoms with Crippen LogP contribution in [0.2, 0.25) is 0 Å². The fraction of sp³-hybridized carbons (Fsp3) is 0.235. The number of rotatable bonds is 6. The Morgan fingerprint density at radius 2 is 1.81 bits per heavy atom.